The molecule has 1 N–H and O–H groups in total. The van der Waals surface area contributed by atoms with E-state index < -0.39 is 12.8 Å². The van der Waals surface area contributed by atoms with Crippen LogP contribution in [0.15, 0.2) is 0 Å². The molecule has 0 saturated carbocycles. The third kappa shape index (κ3) is 7.13. The number of ether oxygens (including phenoxy) is 1. The zero-order valence-electron chi connectivity index (χ0n) is 12.0. The standard InChI is InChI=1S/C13H25F3N2O/c1-12(2,3)11-9-18(6-4-5-17-11)7-8-19-10-13(14,15)16/h11,17H,4-10H2,1-3H3. The van der Waals surface area contributed by atoms with E-state index in [4.69, 9.17) is 0 Å². The van der Waals surface area contributed by atoms with Crippen LogP contribution in [-0.2, 0) is 4.74 Å². The number of hydrogen-bond donors (Lipinski definition) is 1. The van der Waals surface area contributed by atoms with Crippen molar-refractivity contribution in [1.29, 1.82) is 0 Å². The molecule has 1 unspecified atom stereocenters. The molecule has 0 aromatic carbocycles. The summed E-state index contributed by atoms with van der Waals surface area (Å²) in [6.45, 7) is 8.80. The molecule has 1 saturated heterocycles. The molecule has 0 aromatic heterocycles. The average molecular weight is 282 g/mol. The first-order chi connectivity index (χ1) is 8.68. The number of hydrogen-bond acceptors (Lipinski definition) is 3. The maximum atomic E-state index is 12.0. The highest BCUT2D eigenvalue weighted by molar-refractivity contribution is 4.85. The molecule has 1 rings (SSSR count). The van der Waals surface area contributed by atoms with Crippen molar-refractivity contribution in [3.05, 3.63) is 0 Å². The molecule has 19 heavy (non-hydrogen) atoms. The van der Waals surface area contributed by atoms with Gasteiger partial charge in [-0.25, -0.2) is 0 Å². The molecule has 0 aliphatic carbocycles. The molecule has 0 radical (unpaired) electrons. The molecule has 1 aliphatic rings. The van der Waals surface area contributed by atoms with Crippen molar-refractivity contribution >= 4 is 0 Å². The Hall–Kier alpha value is -0.330. The molecule has 1 fully saturated rings. The van der Waals surface area contributed by atoms with E-state index in [1.165, 1.54) is 0 Å². The van der Waals surface area contributed by atoms with Gasteiger partial charge in [0.1, 0.15) is 6.61 Å². The number of halogens is 3. The minimum atomic E-state index is -4.23. The number of nitrogens with zero attached hydrogens (tertiary/aromatic N) is 1. The van der Waals surface area contributed by atoms with E-state index in [0.29, 0.717) is 12.6 Å². The Labute approximate surface area is 113 Å². The minimum absolute atomic E-state index is 0.135. The molecule has 0 amide bonds. The summed E-state index contributed by atoms with van der Waals surface area (Å²) < 4.78 is 40.5. The highest BCUT2D eigenvalue weighted by atomic mass is 19.4. The van der Waals surface area contributed by atoms with Crippen molar-refractivity contribution in [1.82, 2.24) is 10.2 Å². The first-order valence-electron chi connectivity index (χ1n) is 6.79. The van der Waals surface area contributed by atoms with Crippen LogP contribution in [0, 0.1) is 5.41 Å². The second kappa shape index (κ2) is 6.90. The maximum Gasteiger partial charge on any atom is 0.411 e. The zero-order chi connectivity index (χ0) is 14.5. The largest absolute Gasteiger partial charge is 0.411 e. The Morgan fingerprint density at radius 2 is 1.95 bits per heavy atom. The Kier molecular flexibility index (Phi) is 6.08. The van der Waals surface area contributed by atoms with Crippen LogP contribution < -0.4 is 5.32 Å². The van der Waals surface area contributed by atoms with E-state index in [9.17, 15) is 13.2 Å². The average Bonchev–Trinajstić information content (AvgIpc) is 2.47. The van der Waals surface area contributed by atoms with Gasteiger partial charge in [0.05, 0.1) is 6.61 Å². The molecular formula is C13H25F3N2O. The van der Waals surface area contributed by atoms with Gasteiger partial charge < -0.3 is 10.1 Å². The fourth-order valence-corrected chi connectivity index (χ4v) is 2.16. The predicted molar refractivity (Wildman–Crippen MR) is 69.2 cm³/mol. The van der Waals surface area contributed by atoms with Crippen molar-refractivity contribution in [2.75, 3.05) is 39.4 Å². The van der Waals surface area contributed by atoms with Crippen LogP contribution >= 0.6 is 0 Å². The summed E-state index contributed by atoms with van der Waals surface area (Å²) in [5.41, 5.74) is 0.148. The lowest BCUT2D eigenvalue weighted by Crippen LogP contribution is -2.46. The van der Waals surface area contributed by atoms with Crippen molar-refractivity contribution in [3.8, 4) is 0 Å². The molecule has 0 spiro atoms. The number of nitrogens with one attached hydrogen (secondary N) is 1. The van der Waals surface area contributed by atoms with Crippen LogP contribution in [0.3, 0.4) is 0 Å². The summed E-state index contributed by atoms with van der Waals surface area (Å²) in [5.74, 6) is 0. The number of rotatable bonds is 4. The van der Waals surface area contributed by atoms with Crippen LogP contribution in [0.5, 0.6) is 0 Å². The maximum absolute atomic E-state index is 12.0. The third-order valence-electron chi connectivity index (χ3n) is 3.35. The fourth-order valence-electron chi connectivity index (χ4n) is 2.16. The van der Waals surface area contributed by atoms with E-state index in [1.54, 1.807) is 0 Å². The van der Waals surface area contributed by atoms with Gasteiger partial charge in [0.15, 0.2) is 0 Å². The van der Waals surface area contributed by atoms with Gasteiger partial charge in [-0.1, -0.05) is 20.8 Å². The molecule has 0 aromatic rings. The highest BCUT2D eigenvalue weighted by Gasteiger charge is 2.29. The Morgan fingerprint density at radius 3 is 2.53 bits per heavy atom. The second-order valence-corrected chi connectivity index (χ2v) is 6.19. The van der Waals surface area contributed by atoms with Gasteiger partial charge in [-0.05, 0) is 24.9 Å². The predicted octanol–water partition coefficient (Wildman–Crippen LogP) is 2.28. The van der Waals surface area contributed by atoms with Crippen LogP contribution in [0.25, 0.3) is 0 Å². The van der Waals surface area contributed by atoms with E-state index >= 15 is 0 Å². The van der Waals surface area contributed by atoms with Crippen LogP contribution in [0.2, 0.25) is 0 Å². The van der Waals surface area contributed by atoms with Crippen LogP contribution in [0.4, 0.5) is 13.2 Å². The first-order valence-corrected chi connectivity index (χ1v) is 6.79. The fraction of sp³-hybridized carbons (Fsp3) is 1.00. The molecule has 3 nitrogen and oxygen atoms in total. The first kappa shape index (κ1) is 16.7. The summed E-state index contributed by atoms with van der Waals surface area (Å²) in [5, 5.41) is 3.50. The van der Waals surface area contributed by atoms with Gasteiger partial charge in [-0.3, -0.25) is 4.90 Å². The molecule has 1 aliphatic heterocycles. The topological polar surface area (TPSA) is 24.5 Å². The van der Waals surface area contributed by atoms with Gasteiger partial charge in [0, 0.05) is 19.1 Å². The van der Waals surface area contributed by atoms with Crippen molar-refractivity contribution in [3.63, 3.8) is 0 Å². The monoisotopic (exact) mass is 282 g/mol. The van der Waals surface area contributed by atoms with Gasteiger partial charge in [0.25, 0.3) is 0 Å². The summed E-state index contributed by atoms with van der Waals surface area (Å²) in [6, 6.07) is 0.359. The summed E-state index contributed by atoms with van der Waals surface area (Å²) >= 11 is 0. The summed E-state index contributed by atoms with van der Waals surface area (Å²) in [6.07, 6.45) is -3.21. The van der Waals surface area contributed by atoms with Crippen molar-refractivity contribution in [2.45, 2.75) is 39.4 Å². The highest BCUT2D eigenvalue weighted by Crippen LogP contribution is 2.21. The Balaban J connectivity index is 2.32. The van der Waals surface area contributed by atoms with E-state index in [0.717, 1.165) is 26.1 Å². The SMILES string of the molecule is CC(C)(C)C1CN(CCOCC(F)(F)F)CCCN1. The van der Waals surface area contributed by atoms with Gasteiger partial charge in [0.2, 0.25) is 0 Å². The zero-order valence-corrected chi connectivity index (χ0v) is 12.0. The van der Waals surface area contributed by atoms with Crippen molar-refractivity contribution in [2.24, 2.45) is 5.41 Å². The van der Waals surface area contributed by atoms with Crippen molar-refractivity contribution < 1.29 is 17.9 Å². The quantitative estimate of drug-likeness (QED) is 0.801. The van der Waals surface area contributed by atoms with E-state index in [2.05, 4.69) is 35.7 Å². The minimum Gasteiger partial charge on any atom is -0.371 e. The van der Waals surface area contributed by atoms with Gasteiger partial charge in [-0.15, -0.1) is 0 Å². The molecule has 0 bridgehead atoms. The second-order valence-electron chi connectivity index (χ2n) is 6.19. The lowest BCUT2D eigenvalue weighted by molar-refractivity contribution is -0.174. The van der Waals surface area contributed by atoms with Gasteiger partial charge in [-0.2, -0.15) is 13.2 Å². The van der Waals surface area contributed by atoms with Crippen LogP contribution in [0.1, 0.15) is 27.2 Å². The third-order valence-corrected chi connectivity index (χ3v) is 3.35. The molecule has 1 atom stereocenters. The lowest BCUT2D eigenvalue weighted by Gasteiger charge is -2.33. The van der Waals surface area contributed by atoms with Gasteiger partial charge >= 0.3 is 6.18 Å². The molecule has 1 heterocycles. The molecule has 114 valence electrons. The summed E-state index contributed by atoms with van der Waals surface area (Å²) in [7, 11) is 0. The smallest absolute Gasteiger partial charge is 0.371 e. The normalized spacial score (nSPS) is 23.4. The summed E-state index contributed by atoms with van der Waals surface area (Å²) in [4.78, 5) is 2.19. The lowest BCUT2D eigenvalue weighted by atomic mass is 9.86. The molecular weight excluding hydrogens is 257 g/mol. The Bertz CT molecular complexity index is 264. The Morgan fingerprint density at radius 1 is 1.26 bits per heavy atom. The van der Waals surface area contributed by atoms with E-state index in [-0.39, 0.29) is 12.0 Å². The molecule has 6 heteroatoms. The van der Waals surface area contributed by atoms with Crippen LogP contribution in [-0.4, -0.2) is 56.5 Å². The van der Waals surface area contributed by atoms with E-state index in [1.807, 2.05) is 0 Å². The number of alkyl halides is 3.